The minimum Gasteiger partial charge on any atom is -0.363 e. The fourth-order valence-corrected chi connectivity index (χ4v) is 3.60. The minimum absolute atomic E-state index is 0.116. The van der Waals surface area contributed by atoms with E-state index in [1.807, 2.05) is 0 Å². The van der Waals surface area contributed by atoms with Gasteiger partial charge < -0.3 is 10.6 Å². The van der Waals surface area contributed by atoms with E-state index in [1.165, 1.54) is 24.4 Å². The van der Waals surface area contributed by atoms with Crippen LogP contribution in [0.1, 0.15) is 34.6 Å². The molecule has 0 fully saturated rings. The molecule has 2 atom stereocenters. The van der Waals surface area contributed by atoms with Crippen LogP contribution < -0.4 is 10.6 Å². The van der Waals surface area contributed by atoms with Gasteiger partial charge in [-0.25, -0.2) is 9.67 Å². The number of halogens is 5. The van der Waals surface area contributed by atoms with E-state index in [-0.39, 0.29) is 23.8 Å². The van der Waals surface area contributed by atoms with Crippen molar-refractivity contribution in [3.63, 3.8) is 0 Å². The van der Waals surface area contributed by atoms with Crippen molar-refractivity contribution in [2.24, 2.45) is 0 Å². The van der Waals surface area contributed by atoms with Gasteiger partial charge in [-0.3, -0.25) is 4.79 Å². The van der Waals surface area contributed by atoms with Crippen molar-refractivity contribution >= 4 is 45.1 Å². The molecule has 2 N–H and O–H groups in total. The Morgan fingerprint density at radius 3 is 2.60 bits per heavy atom. The van der Waals surface area contributed by atoms with Crippen LogP contribution in [-0.2, 0) is 0 Å². The van der Waals surface area contributed by atoms with Gasteiger partial charge in [-0.1, -0.05) is 39.7 Å². The lowest BCUT2D eigenvalue weighted by Crippen LogP contribution is -2.35. The normalized spacial score (nSPS) is 18.4. The van der Waals surface area contributed by atoms with E-state index in [1.54, 1.807) is 24.3 Å². The summed E-state index contributed by atoms with van der Waals surface area (Å²) >= 11 is 9.07. The molecule has 2 aromatic heterocycles. The van der Waals surface area contributed by atoms with Crippen molar-refractivity contribution in [2.45, 2.75) is 24.7 Å². The average Bonchev–Trinajstić information content (AvgIpc) is 3.13. The Labute approximate surface area is 182 Å². The summed E-state index contributed by atoms with van der Waals surface area (Å²) in [5.74, 6) is -0.344. The second kappa shape index (κ2) is 7.92. The highest BCUT2D eigenvalue weighted by molar-refractivity contribution is 9.10. The lowest BCUT2D eigenvalue weighted by molar-refractivity contribution is -0.173. The second-order valence-electron chi connectivity index (χ2n) is 6.72. The molecule has 1 amide bonds. The number of anilines is 2. The highest BCUT2D eigenvalue weighted by Gasteiger charge is 2.46. The molecule has 0 unspecified atom stereocenters. The molecule has 30 heavy (non-hydrogen) atoms. The Balaban J connectivity index is 1.63. The Hall–Kier alpha value is -2.59. The third kappa shape index (κ3) is 4.29. The molecule has 4 rings (SSSR count). The third-order valence-electron chi connectivity index (χ3n) is 4.66. The molecule has 0 saturated carbocycles. The summed E-state index contributed by atoms with van der Waals surface area (Å²) in [5.41, 5.74) is 0.552. The van der Waals surface area contributed by atoms with Crippen molar-refractivity contribution in [1.82, 2.24) is 14.8 Å². The molecule has 0 spiro atoms. The topological polar surface area (TPSA) is 71.8 Å². The van der Waals surface area contributed by atoms with Gasteiger partial charge in [0.2, 0.25) is 0 Å². The highest BCUT2D eigenvalue weighted by atomic mass is 79.9. The summed E-state index contributed by atoms with van der Waals surface area (Å²) in [4.78, 5) is 16.4. The Morgan fingerprint density at radius 1 is 1.23 bits per heavy atom. The van der Waals surface area contributed by atoms with Crippen molar-refractivity contribution < 1.29 is 18.0 Å². The molecule has 6 nitrogen and oxygen atoms in total. The first-order valence-corrected chi connectivity index (χ1v) is 9.99. The third-order valence-corrected chi connectivity index (χ3v) is 5.42. The van der Waals surface area contributed by atoms with Crippen LogP contribution in [0, 0.1) is 0 Å². The zero-order valence-corrected chi connectivity index (χ0v) is 17.5. The summed E-state index contributed by atoms with van der Waals surface area (Å²) in [6.45, 7) is 0. The van der Waals surface area contributed by atoms with Crippen LogP contribution in [0.3, 0.4) is 0 Å². The summed E-state index contributed by atoms with van der Waals surface area (Å²) < 4.78 is 42.9. The van der Waals surface area contributed by atoms with Crippen LogP contribution in [0.15, 0.2) is 53.1 Å². The van der Waals surface area contributed by atoms with Crippen molar-refractivity contribution in [3.05, 3.63) is 69.4 Å². The van der Waals surface area contributed by atoms with Crippen LogP contribution in [0.4, 0.5) is 24.8 Å². The van der Waals surface area contributed by atoms with Gasteiger partial charge >= 0.3 is 6.18 Å². The number of pyridine rings is 1. The molecule has 0 bridgehead atoms. The maximum Gasteiger partial charge on any atom is 0.410 e. The van der Waals surface area contributed by atoms with E-state index >= 15 is 0 Å². The Morgan fingerprint density at radius 2 is 1.97 bits per heavy atom. The monoisotopic (exact) mass is 499 g/mol. The van der Waals surface area contributed by atoms with Crippen LogP contribution in [0.5, 0.6) is 0 Å². The fourth-order valence-electron chi connectivity index (χ4n) is 3.23. The summed E-state index contributed by atoms with van der Waals surface area (Å²) in [5, 5.41) is 9.86. The first-order chi connectivity index (χ1) is 14.2. The number of rotatable bonds is 3. The SMILES string of the molecule is O=C(Nc1ccc(Cl)cn1)c1cc2n(n1)[C@@H](C(F)(F)F)C[C@H](c1ccc(Br)cc1)N2. The maximum absolute atomic E-state index is 13.7. The number of nitrogens with zero attached hydrogens (tertiary/aromatic N) is 3. The van der Waals surface area contributed by atoms with E-state index < -0.39 is 24.2 Å². The zero-order valence-electron chi connectivity index (χ0n) is 15.1. The molecule has 3 aromatic rings. The number of nitrogens with one attached hydrogen (secondary N) is 2. The number of hydrogen-bond donors (Lipinski definition) is 2. The molecular formula is C19H14BrClF3N5O. The number of carbonyl (C=O) groups excluding carboxylic acids is 1. The van der Waals surface area contributed by atoms with E-state index in [0.29, 0.717) is 10.6 Å². The van der Waals surface area contributed by atoms with Gasteiger partial charge in [-0.15, -0.1) is 0 Å². The number of benzene rings is 1. The van der Waals surface area contributed by atoms with E-state index in [4.69, 9.17) is 11.6 Å². The quantitative estimate of drug-likeness (QED) is 0.491. The van der Waals surface area contributed by atoms with E-state index in [2.05, 4.69) is 36.6 Å². The summed E-state index contributed by atoms with van der Waals surface area (Å²) in [6.07, 6.45) is -3.43. The van der Waals surface area contributed by atoms with Gasteiger partial charge in [0.15, 0.2) is 11.7 Å². The Bertz CT molecular complexity index is 1070. The number of aromatic nitrogens is 3. The van der Waals surface area contributed by atoms with Gasteiger partial charge in [0.05, 0.1) is 11.1 Å². The van der Waals surface area contributed by atoms with Crippen LogP contribution in [0.25, 0.3) is 0 Å². The molecule has 3 heterocycles. The highest BCUT2D eigenvalue weighted by Crippen LogP contribution is 2.43. The molecule has 156 valence electrons. The van der Waals surface area contributed by atoms with E-state index in [9.17, 15) is 18.0 Å². The first kappa shape index (κ1) is 20.7. The maximum atomic E-state index is 13.7. The van der Waals surface area contributed by atoms with Crippen molar-refractivity contribution in [2.75, 3.05) is 10.6 Å². The largest absolute Gasteiger partial charge is 0.410 e. The molecule has 0 radical (unpaired) electrons. The van der Waals surface area contributed by atoms with Crippen molar-refractivity contribution in [3.8, 4) is 0 Å². The van der Waals surface area contributed by atoms with Gasteiger partial charge in [0.25, 0.3) is 5.91 Å². The molecule has 1 aliphatic rings. The molecular weight excluding hydrogens is 487 g/mol. The number of amides is 1. The molecule has 11 heteroatoms. The van der Waals surface area contributed by atoms with Crippen LogP contribution in [-0.4, -0.2) is 26.8 Å². The number of fused-ring (bicyclic) bond motifs is 1. The van der Waals surface area contributed by atoms with E-state index in [0.717, 1.165) is 9.15 Å². The van der Waals surface area contributed by atoms with Gasteiger partial charge in [0, 0.05) is 23.2 Å². The minimum atomic E-state index is -4.53. The molecule has 0 aliphatic carbocycles. The molecule has 1 aromatic carbocycles. The lowest BCUT2D eigenvalue weighted by atomic mass is 9.97. The van der Waals surface area contributed by atoms with Gasteiger partial charge in [0.1, 0.15) is 11.6 Å². The predicted molar refractivity (Wildman–Crippen MR) is 110 cm³/mol. The summed E-state index contributed by atoms with van der Waals surface area (Å²) in [6, 6.07) is 8.91. The van der Waals surface area contributed by atoms with Crippen LogP contribution in [0.2, 0.25) is 5.02 Å². The lowest BCUT2D eigenvalue weighted by Gasteiger charge is -2.33. The Kier molecular flexibility index (Phi) is 5.46. The van der Waals surface area contributed by atoms with Gasteiger partial charge in [-0.2, -0.15) is 18.3 Å². The second-order valence-corrected chi connectivity index (χ2v) is 8.07. The average molecular weight is 501 g/mol. The smallest absolute Gasteiger partial charge is 0.363 e. The number of hydrogen-bond acceptors (Lipinski definition) is 4. The standard InChI is InChI=1S/C19H14BrClF3N5O/c20-11-3-1-10(2-4-11)13-7-15(19(22,23)24)29-17(26-13)8-14(28-29)18(30)27-16-6-5-12(21)9-25-16/h1-6,8-9,13,15,26H,7H2,(H,25,27,30)/t13-,15-/m1/s1. The predicted octanol–water partition coefficient (Wildman–Crippen LogP) is 5.61. The zero-order chi connectivity index (χ0) is 21.5. The van der Waals surface area contributed by atoms with Crippen molar-refractivity contribution in [1.29, 1.82) is 0 Å². The molecule has 1 aliphatic heterocycles. The first-order valence-electron chi connectivity index (χ1n) is 8.82. The number of carbonyl (C=O) groups is 1. The summed E-state index contributed by atoms with van der Waals surface area (Å²) in [7, 11) is 0. The van der Waals surface area contributed by atoms with Gasteiger partial charge in [-0.05, 0) is 29.8 Å². The fraction of sp³-hybridized carbons (Fsp3) is 0.211. The molecule has 0 saturated heterocycles. The number of alkyl halides is 3. The van der Waals surface area contributed by atoms with Crippen LogP contribution >= 0.6 is 27.5 Å².